The number of carbonyl (C=O) groups excluding carboxylic acids is 1. The molecular formula is C16H26N2O2. The first kappa shape index (κ1) is 16.7. The van der Waals surface area contributed by atoms with Gasteiger partial charge in [0.25, 0.3) is 5.91 Å². The summed E-state index contributed by atoms with van der Waals surface area (Å²) >= 11 is 0. The van der Waals surface area contributed by atoms with Gasteiger partial charge in [-0.2, -0.15) is 0 Å². The van der Waals surface area contributed by atoms with Gasteiger partial charge in [0.1, 0.15) is 0 Å². The van der Waals surface area contributed by atoms with Gasteiger partial charge < -0.3 is 4.74 Å². The Hall–Kier alpha value is -1.39. The molecule has 1 unspecified atom stereocenters. The molecule has 112 valence electrons. The molecular weight excluding hydrogens is 252 g/mol. The molecule has 1 aromatic carbocycles. The average Bonchev–Trinajstić information content (AvgIpc) is 2.50. The summed E-state index contributed by atoms with van der Waals surface area (Å²) in [5, 5.41) is 0. The van der Waals surface area contributed by atoms with Crippen molar-refractivity contribution in [3.8, 4) is 0 Å². The molecule has 0 saturated carbocycles. The van der Waals surface area contributed by atoms with Gasteiger partial charge in [-0.25, -0.2) is 5.84 Å². The van der Waals surface area contributed by atoms with Crippen LogP contribution in [0.15, 0.2) is 30.3 Å². The van der Waals surface area contributed by atoms with Crippen LogP contribution in [0.5, 0.6) is 0 Å². The number of unbranched alkanes of at least 4 members (excludes halogenated alkanes) is 5. The van der Waals surface area contributed by atoms with Gasteiger partial charge >= 0.3 is 0 Å². The number of hydrogen-bond donors (Lipinski definition) is 2. The average molecular weight is 278 g/mol. The van der Waals surface area contributed by atoms with E-state index in [1.165, 1.54) is 25.7 Å². The van der Waals surface area contributed by atoms with Crippen LogP contribution in [0.4, 0.5) is 0 Å². The molecule has 4 heteroatoms. The van der Waals surface area contributed by atoms with E-state index in [2.05, 4.69) is 12.3 Å². The van der Waals surface area contributed by atoms with E-state index < -0.39 is 6.10 Å². The Morgan fingerprint density at radius 2 is 1.80 bits per heavy atom. The lowest BCUT2D eigenvalue weighted by Crippen LogP contribution is -2.36. The molecule has 1 rings (SSSR count). The van der Waals surface area contributed by atoms with Crippen LogP contribution in [0.25, 0.3) is 0 Å². The van der Waals surface area contributed by atoms with Gasteiger partial charge in [-0.15, -0.1) is 0 Å². The van der Waals surface area contributed by atoms with Gasteiger partial charge in [0, 0.05) is 6.61 Å². The van der Waals surface area contributed by atoms with Crippen molar-refractivity contribution in [2.75, 3.05) is 6.61 Å². The molecule has 1 atom stereocenters. The minimum Gasteiger partial charge on any atom is -0.364 e. The summed E-state index contributed by atoms with van der Waals surface area (Å²) in [4.78, 5) is 11.8. The third kappa shape index (κ3) is 6.17. The molecule has 0 fully saturated rings. The standard InChI is InChI=1S/C16H26N2O2/c1-2-3-4-5-6-10-13-20-15(16(19)18-17)14-11-8-7-9-12-14/h7-9,11-12,15H,2-6,10,13,17H2,1H3,(H,18,19). The largest absolute Gasteiger partial charge is 0.364 e. The van der Waals surface area contributed by atoms with Crippen LogP contribution in [0.2, 0.25) is 0 Å². The van der Waals surface area contributed by atoms with E-state index in [9.17, 15) is 4.79 Å². The zero-order chi connectivity index (χ0) is 14.6. The predicted molar refractivity (Wildman–Crippen MR) is 80.8 cm³/mol. The minimum absolute atomic E-state index is 0.304. The Balaban J connectivity index is 2.34. The van der Waals surface area contributed by atoms with E-state index in [-0.39, 0.29) is 5.91 Å². The SMILES string of the molecule is CCCCCCCCOC(C(=O)NN)c1ccccc1. The second-order valence-electron chi connectivity index (χ2n) is 4.94. The first-order valence-electron chi connectivity index (χ1n) is 7.46. The first-order valence-corrected chi connectivity index (χ1v) is 7.46. The number of carbonyl (C=O) groups is 1. The molecule has 0 aliphatic heterocycles. The Morgan fingerprint density at radius 3 is 2.45 bits per heavy atom. The van der Waals surface area contributed by atoms with Gasteiger partial charge in [0.15, 0.2) is 6.10 Å². The zero-order valence-corrected chi connectivity index (χ0v) is 12.3. The van der Waals surface area contributed by atoms with Gasteiger partial charge in [0.05, 0.1) is 0 Å². The Bertz CT molecular complexity index is 368. The summed E-state index contributed by atoms with van der Waals surface area (Å²) in [7, 11) is 0. The highest BCUT2D eigenvalue weighted by molar-refractivity contribution is 5.81. The number of nitrogens with two attached hydrogens (primary N) is 1. The van der Waals surface area contributed by atoms with E-state index in [4.69, 9.17) is 10.6 Å². The van der Waals surface area contributed by atoms with Gasteiger partial charge in [-0.3, -0.25) is 10.2 Å². The van der Waals surface area contributed by atoms with Crippen molar-refractivity contribution in [1.82, 2.24) is 5.43 Å². The molecule has 0 radical (unpaired) electrons. The molecule has 0 spiro atoms. The normalized spacial score (nSPS) is 12.1. The molecule has 0 heterocycles. The van der Waals surface area contributed by atoms with Crippen molar-refractivity contribution in [3.05, 3.63) is 35.9 Å². The minimum atomic E-state index is -0.614. The lowest BCUT2D eigenvalue weighted by atomic mass is 10.1. The molecule has 20 heavy (non-hydrogen) atoms. The van der Waals surface area contributed by atoms with Crippen molar-refractivity contribution in [2.24, 2.45) is 5.84 Å². The molecule has 0 aliphatic carbocycles. The van der Waals surface area contributed by atoms with Crippen molar-refractivity contribution in [1.29, 1.82) is 0 Å². The molecule has 1 aromatic rings. The maximum absolute atomic E-state index is 11.8. The molecule has 4 nitrogen and oxygen atoms in total. The monoisotopic (exact) mass is 278 g/mol. The summed E-state index contributed by atoms with van der Waals surface area (Å²) in [5.41, 5.74) is 3.00. The van der Waals surface area contributed by atoms with Gasteiger partial charge in [-0.05, 0) is 12.0 Å². The fourth-order valence-electron chi connectivity index (χ4n) is 2.11. The fourth-order valence-corrected chi connectivity index (χ4v) is 2.11. The van der Waals surface area contributed by atoms with Crippen LogP contribution in [0, 0.1) is 0 Å². The molecule has 0 aliphatic rings. The van der Waals surface area contributed by atoms with Crippen LogP contribution in [0.3, 0.4) is 0 Å². The number of amides is 1. The number of hydrogen-bond acceptors (Lipinski definition) is 3. The molecule has 0 saturated heterocycles. The Labute approximate surface area is 121 Å². The second kappa shape index (κ2) is 10.4. The highest BCUT2D eigenvalue weighted by atomic mass is 16.5. The Morgan fingerprint density at radius 1 is 1.15 bits per heavy atom. The molecule has 1 amide bonds. The number of hydrazine groups is 1. The highest BCUT2D eigenvalue weighted by Gasteiger charge is 2.19. The maximum atomic E-state index is 11.8. The smallest absolute Gasteiger partial charge is 0.267 e. The maximum Gasteiger partial charge on any atom is 0.267 e. The third-order valence-electron chi connectivity index (χ3n) is 3.27. The van der Waals surface area contributed by atoms with Crippen LogP contribution >= 0.6 is 0 Å². The van der Waals surface area contributed by atoms with Crippen LogP contribution in [0.1, 0.15) is 57.1 Å². The van der Waals surface area contributed by atoms with E-state index >= 15 is 0 Å². The summed E-state index contributed by atoms with van der Waals surface area (Å²) in [5.74, 6) is 4.91. The first-order chi connectivity index (χ1) is 9.79. The van der Waals surface area contributed by atoms with Gasteiger partial charge in [-0.1, -0.05) is 69.4 Å². The number of benzene rings is 1. The van der Waals surface area contributed by atoms with E-state index in [0.29, 0.717) is 6.61 Å². The predicted octanol–water partition coefficient (Wildman–Crippen LogP) is 3.09. The zero-order valence-electron chi connectivity index (χ0n) is 12.3. The second-order valence-corrected chi connectivity index (χ2v) is 4.94. The highest BCUT2D eigenvalue weighted by Crippen LogP contribution is 2.18. The lowest BCUT2D eigenvalue weighted by Gasteiger charge is -2.16. The van der Waals surface area contributed by atoms with E-state index in [0.717, 1.165) is 18.4 Å². The lowest BCUT2D eigenvalue weighted by molar-refractivity contribution is -0.133. The number of nitrogens with one attached hydrogen (secondary N) is 1. The topological polar surface area (TPSA) is 64.3 Å². The summed E-state index contributed by atoms with van der Waals surface area (Å²) in [6.45, 7) is 2.79. The van der Waals surface area contributed by atoms with Crippen LogP contribution < -0.4 is 11.3 Å². The van der Waals surface area contributed by atoms with E-state index in [1.54, 1.807) is 0 Å². The van der Waals surface area contributed by atoms with Crippen molar-refractivity contribution in [2.45, 2.75) is 51.6 Å². The summed E-state index contributed by atoms with van der Waals surface area (Å²) in [6.07, 6.45) is 6.57. The Kier molecular flexibility index (Phi) is 8.67. The van der Waals surface area contributed by atoms with Crippen molar-refractivity contribution >= 4 is 5.91 Å². The van der Waals surface area contributed by atoms with Crippen LogP contribution in [-0.4, -0.2) is 12.5 Å². The number of rotatable bonds is 10. The van der Waals surface area contributed by atoms with Crippen molar-refractivity contribution in [3.63, 3.8) is 0 Å². The fraction of sp³-hybridized carbons (Fsp3) is 0.562. The number of ether oxygens (including phenoxy) is 1. The van der Waals surface area contributed by atoms with Crippen LogP contribution in [-0.2, 0) is 9.53 Å². The van der Waals surface area contributed by atoms with Crippen molar-refractivity contribution < 1.29 is 9.53 Å². The van der Waals surface area contributed by atoms with E-state index in [1.807, 2.05) is 30.3 Å². The summed E-state index contributed by atoms with van der Waals surface area (Å²) in [6, 6.07) is 9.44. The quantitative estimate of drug-likeness (QED) is 0.299. The molecule has 3 N–H and O–H groups in total. The molecule has 0 aromatic heterocycles. The van der Waals surface area contributed by atoms with Gasteiger partial charge in [0.2, 0.25) is 0 Å². The summed E-state index contributed by atoms with van der Waals surface area (Å²) < 4.78 is 5.70. The molecule has 0 bridgehead atoms. The third-order valence-corrected chi connectivity index (χ3v) is 3.27.